The van der Waals surface area contributed by atoms with E-state index in [2.05, 4.69) is 15.9 Å². The third-order valence-electron chi connectivity index (χ3n) is 2.73. The van der Waals surface area contributed by atoms with Crippen LogP contribution >= 0.6 is 39.1 Å². The average Bonchev–Trinajstić information content (AvgIpc) is 2.36. The topological polar surface area (TPSA) is 20.2 Å². The molecule has 0 radical (unpaired) electrons. The Labute approximate surface area is 129 Å². The zero-order valence-electron chi connectivity index (χ0n) is 9.71. The molecule has 2 aromatic rings. The molecule has 0 heterocycles. The van der Waals surface area contributed by atoms with Crippen LogP contribution in [0.15, 0.2) is 40.9 Å². The number of aliphatic hydroxyl groups excluding tert-OH is 1. The van der Waals surface area contributed by atoms with E-state index in [4.69, 9.17) is 23.2 Å². The van der Waals surface area contributed by atoms with Crippen LogP contribution in [0.1, 0.15) is 17.2 Å². The number of benzene rings is 2. The van der Waals surface area contributed by atoms with Gasteiger partial charge in [-0.2, -0.15) is 0 Å². The van der Waals surface area contributed by atoms with Crippen LogP contribution in [0.25, 0.3) is 0 Å². The van der Waals surface area contributed by atoms with Crippen molar-refractivity contribution in [3.63, 3.8) is 0 Å². The highest BCUT2D eigenvalue weighted by Gasteiger charge is 2.13. The summed E-state index contributed by atoms with van der Waals surface area (Å²) in [4.78, 5) is 0. The molecule has 0 bridgehead atoms. The Bertz CT molecular complexity index is 604. The molecule has 0 aliphatic carbocycles. The highest BCUT2D eigenvalue weighted by atomic mass is 79.9. The van der Waals surface area contributed by atoms with Crippen molar-refractivity contribution < 1.29 is 9.50 Å². The summed E-state index contributed by atoms with van der Waals surface area (Å²) in [6.45, 7) is 0. The van der Waals surface area contributed by atoms with Crippen molar-refractivity contribution in [3.8, 4) is 0 Å². The quantitative estimate of drug-likeness (QED) is 0.797. The minimum absolute atomic E-state index is 0.0463. The first-order valence-corrected chi connectivity index (χ1v) is 7.09. The van der Waals surface area contributed by atoms with E-state index >= 15 is 0 Å². The first-order valence-electron chi connectivity index (χ1n) is 5.54. The van der Waals surface area contributed by atoms with Crippen LogP contribution in [0.2, 0.25) is 10.0 Å². The molecule has 0 amide bonds. The lowest BCUT2D eigenvalue weighted by Gasteiger charge is -2.13. The van der Waals surface area contributed by atoms with Gasteiger partial charge in [0.15, 0.2) is 0 Å². The van der Waals surface area contributed by atoms with Crippen LogP contribution < -0.4 is 0 Å². The van der Waals surface area contributed by atoms with Crippen molar-refractivity contribution in [2.45, 2.75) is 12.5 Å². The molecule has 2 aromatic carbocycles. The zero-order valence-corrected chi connectivity index (χ0v) is 12.8. The van der Waals surface area contributed by atoms with E-state index < -0.39 is 11.9 Å². The van der Waals surface area contributed by atoms with Crippen molar-refractivity contribution in [3.05, 3.63) is 67.9 Å². The van der Waals surface area contributed by atoms with E-state index in [1.165, 1.54) is 12.1 Å². The normalized spacial score (nSPS) is 12.5. The molecule has 0 aliphatic heterocycles. The summed E-state index contributed by atoms with van der Waals surface area (Å²) in [6, 6.07) is 9.66. The average molecular weight is 364 g/mol. The molecule has 0 aromatic heterocycles. The van der Waals surface area contributed by atoms with Gasteiger partial charge in [-0.25, -0.2) is 4.39 Å². The van der Waals surface area contributed by atoms with E-state index in [0.29, 0.717) is 17.0 Å². The van der Waals surface area contributed by atoms with Crippen molar-refractivity contribution >= 4 is 39.1 Å². The predicted molar refractivity (Wildman–Crippen MR) is 79.2 cm³/mol. The molecule has 19 heavy (non-hydrogen) atoms. The fraction of sp³-hybridized carbons (Fsp3) is 0.143. The molecule has 1 nitrogen and oxygen atoms in total. The maximum absolute atomic E-state index is 13.1. The fourth-order valence-corrected chi connectivity index (χ4v) is 2.60. The predicted octanol–water partition coefficient (Wildman–Crippen LogP) is 5.17. The maximum atomic E-state index is 13.1. The molecule has 0 spiro atoms. The van der Waals surface area contributed by atoms with Crippen LogP contribution in [-0.2, 0) is 6.42 Å². The first kappa shape index (κ1) is 14.8. The summed E-state index contributed by atoms with van der Waals surface area (Å²) < 4.78 is 13.9. The molecule has 100 valence electrons. The van der Waals surface area contributed by atoms with Crippen LogP contribution in [0.4, 0.5) is 4.39 Å². The lowest BCUT2D eigenvalue weighted by atomic mass is 10.0. The third kappa shape index (κ3) is 3.69. The zero-order chi connectivity index (χ0) is 14.0. The molecule has 1 N–H and O–H groups in total. The third-order valence-corrected chi connectivity index (χ3v) is 3.86. The smallest absolute Gasteiger partial charge is 0.141 e. The number of rotatable bonds is 3. The molecule has 0 aliphatic rings. The van der Waals surface area contributed by atoms with Gasteiger partial charge in [0.05, 0.1) is 11.1 Å². The second-order valence-electron chi connectivity index (χ2n) is 4.13. The van der Waals surface area contributed by atoms with Gasteiger partial charge in [0.25, 0.3) is 0 Å². The summed E-state index contributed by atoms with van der Waals surface area (Å²) in [7, 11) is 0. The minimum Gasteiger partial charge on any atom is -0.388 e. The number of hydrogen-bond acceptors (Lipinski definition) is 1. The molecule has 0 fully saturated rings. The van der Waals surface area contributed by atoms with E-state index in [9.17, 15) is 9.50 Å². The van der Waals surface area contributed by atoms with Crippen LogP contribution in [0.5, 0.6) is 0 Å². The molecule has 0 saturated heterocycles. The Kier molecular flexibility index (Phi) is 4.85. The van der Waals surface area contributed by atoms with Gasteiger partial charge >= 0.3 is 0 Å². The molecular formula is C14H10BrCl2FO. The summed E-state index contributed by atoms with van der Waals surface area (Å²) in [5.74, 6) is -0.472. The Balaban J connectivity index is 2.22. The van der Waals surface area contributed by atoms with Crippen LogP contribution in [0.3, 0.4) is 0 Å². The van der Waals surface area contributed by atoms with E-state index in [-0.39, 0.29) is 5.02 Å². The Hall–Kier alpha value is -0.610. The molecular weight excluding hydrogens is 354 g/mol. The minimum atomic E-state index is -0.772. The second kappa shape index (κ2) is 6.23. The highest BCUT2D eigenvalue weighted by molar-refractivity contribution is 9.10. The van der Waals surface area contributed by atoms with Gasteiger partial charge in [0, 0.05) is 21.5 Å². The fourth-order valence-electron chi connectivity index (χ4n) is 1.77. The number of hydrogen-bond donors (Lipinski definition) is 1. The largest absolute Gasteiger partial charge is 0.388 e. The van der Waals surface area contributed by atoms with Gasteiger partial charge in [0.1, 0.15) is 5.82 Å². The summed E-state index contributed by atoms with van der Waals surface area (Å²) >= 11 is 15.1. The van der Waals surface area contributed by atoms with E-state index in [1.54, 1.807) is 24.3 Å². The standard InChI is InChI=1S/C14H10BrCl2FO/c15-9-2-3-11(16)10(7-9)14(19)6-8-1-4-13(18)12(17)5-8/h1-5,7,14,19H,6H2. The van der Waals surface area contributed by atoms with Crippen molar-refractivity contribution in [1.82, 2.24) is 0 Å². The van der Waals surface area contributed by atoms with Gasteiger partial charge in [-0.15, -0.1) is 0 Å². The maximum Gasteiger partial charge on any atom is 0.141 e. The summed E-state index contributed by atoms with van der Waals surface area (Å²) in [5.41, 5.74) is 1.37. The molecule has 2 rings (SSSR count). The first-order chi connectivity index (χ1) is 8.97. The van der Waals surface area contributed by atoms with E-state index in [1.807, 2.05) is 0 Å². The molecule has 1 unspecified atom stereocenters. The molecule has 5 heteroatoms. The van der Waals surface area contributed by atoms with Gasteiger partial charge in [0.2, 0.25) is 0 Å². The van der Waals surface area contributed by atoms with Crippen LogP contribution in [0, 0.1) is 5.82 Å². The second-order valence-corrected chi connectivity index (χ2v) is 5.86. The SMILES string of the molecule is OC(Cc1ccc(F)c(Cl)c1)c1cc(Br)ccc1Cl. The summed E-state index contributed by atoms with van der Waals surface area (Å²) in [5, 5.41) is 10.7. The van der Waals surface area contributed by atoms with Crippen molar-refractivity contribution in [2.75, 3.05) is 0 Å². The van der Waals surface area contributed by atoms with E-state index in [0.717, 1.165) is 10.0 Å². The van der Waals surface area contributed by atoms with Crippen molar-refractivity contribution in [1.29, 1.82) is 0 Å². The Morgan fingerprint density at radius 3 is 2.53 bits per heavy atom. The van der Waals surface area contributed by atoms with Crippen LogP contribution in [-0.4, -0.2) is 5.11 Å². The Morgan fingerprint density at radius 1 is 1.11 bits per heavy atom. The highest BCUT2D eigenvalue weighted by Crippen LogP contribution is 2.29. The summed E-state index contributed by atoms with van der Waals surface area (Å²) in [6.07, 6.45) is -0.456. The van der Waals surface area contributed by atoms with Gasteiger partial charge in [-0.05, 0) is 35.9 Å². The van der Waals surface area contributed by atoms with Gasteiger partial charge in [-0.1, -0.05) is 45.2 Å². The van der Waals surface area contributed by atoms with Crippen molar-refractivity contribution in [2.24, 2.45) is 0 Å². The Morgan fingerprint density at radius 2 is 1.84 bits per heavy atom. The molecule has 1 atom stereocenters. The number of halogens is 4. The monoisotopic (exact) mass is 362 g/mol. The van der Waals surface area contributed by atoms with Gasteiger partial charge in [-0.3, -0.25) is 0 Å². The lowest BCUT2D eigenvalue weighted by molar-refractivity contribution is 0.178. The lowest BCUT2D eigenvalue weighted by Crippen LogP contribution is -2.03. The molecule has 0 saturated carbocycles. The number of aliphatic hydroxyl groups is 1. The van der Waals surface area contributed by atoms with Gasteiger partial charge < -0.3 is 5.11 Å².